The molecule has 166 valence electrons. The van der Waals surface area contributed by atoms with Gasteiger partial charge in [-0.3, -0.25) is 14.4 Å². The second kappa shape index (κ2) is 10.5. The molecule has 3 amide bonds. The summed E-state index contributed by atoms with van der Waals surface area (Å²) in [5.74, 6) is -3.65. The molecule has 0 aromatic heterocycles. The monoisotopic (exact) mass is 416 g/mol. The number of carboxylic acid groups (broad SMARTS) is 1. The number of carboxylic acids is 1. The van der Waals surface area contributed by atoms with E-state index in [0.717, 1.165) is 0 Å². The van der Waals surface area contributed by atoms with E-state index < -0.39 is 60.1 Å². The summed E-state index contributed by atoms with van der Waals surface area (Å²) in [7, 11) is 0. The standard InChI is InChI=1S/C18H32N4O7/c1-8(2)13(16(26)21-14(10(4)24)18(28)29)20-15(25)11-6-5-7-22(11)17(27)12(19)9(3)23/h8-14,23-24H,5-7,19H2,1-4H3,(H,20,25)(H,21,26)(H,28,29). The summed E-state index contributed by atoms with van der Waals surface area (Å²) >= 11 is 0. The summed E-state index contributed by atoms with van der Waals surface area (Å²) in [6.45, 7) is 6.26. The number of nitrogens with two attached hydrogens (primary N) is 1. The molecule has 0 aliphatic carbocycles. The van der Waals surface area contributed by atoms with E-state index in [1.165, 1.54) is 18.7 Å². The lowest BCUT2D eigenvalue weighted by Crippen LogP contribution is -2.59. The molecule has 11 heteroatoms. The highest BCUT2D eigenvalue weighted by atomic mass is 16.4. The van der Waals surface area contributed by atoms with Crippen LogP contribution in [0.25, 0.3) is 0 Å². The maximum absolute atomic E-state index is 12.8. The molecule has 7 N–H and O–H groups in total. The van der Waals surface area contributed by atoms with Crippen molar-refractivity contribution >= 4 is 23.7 Å². The van der Waals surface area contributed by atoms with Crippen LogP contribution in [0.4, 0.5) is 0 Å². The van der Waals surface area contributed by atoms with Crippen molar-refractivity contribution in [3.05, 3.63) is 0 Å². The second-order valence-corrected chi connectivity index (χ2v) is 7.75. The van der Waals surface area contributed by atoms with E-state index in [-0.39, 0.29) is 5.92 Å². The van der Waals surface area contributed by atoms with E-state index in [1.807, 2.05) is 0 Å². The molecule has 0 aromatic carbocycles. The third-order valence-electron chi connectivity index (χ3n) is 4.94. The Balaban J connectivity index is 2.90. The normalized spacial score (nSPS) is 21.8. The number of carbonyl (C=O) groups excluding carboxylic acids is 3. The van der Waals surface area contributed by atoms with E-state index in [4.69, 9.17) is 10.8 Å². The highest BCUT2D eigenvalue weighted by Crippen LogP contribution is 2.19. The van der Waals surface area contributed by atoms with Gasteiger partial charge in [-0.05, 0) is 32.6 Å². The molecule has 1 fully saturated rings. The average molecular weight is 416 g/mol. The van der Waals surface area contributed by atoms with Crippen molar-refractivity contribution in [1.82, 2.24) is 15.5 Å². The summed E-state index contributed by atoms with van der Waals surface area (Å²) in [5.41, 5.74) is 5.70. The van der Waals surface area contributed by atoms with E-state index in [9.17, 15) is 29.4 Å². The summed E-state index contributed by atoms with van der Waals surface area (Å²) in [6.07, 6.45) is -1.46. The maximum atomic E-state index is 12.8. The fourth-order valence-corrected chi connectivity index (χ4v) is 3.12. The lowest BCUT2D eigenvalue weighted by atomic mass is 10.0. The smallest absolute Gasteiger partial charge is 0.328 e. The Morgan fingerprint density at radius 3 is 2.03 bits per heavy atom. The Kier molecular flexibility index (Phi) is 8.99. The molecule has 0 bridgehead atoms. The predicted octanol–water partition coefficient (Wildman–Crippen LogP) is -2.22. The topological polar surface area (TPSA) is 182 Å². The molecule has 1 saturated heterocycles. The number of amides is 3. The quantitative estimate of drug-likeness (QED) is 0.244. The minimum Gasteiger partial charge on any atom is -0.480 e. The van der Waals surface area contributed by atoms with Crippen LogP contribution in [-0.2, 0) is 19.2 Å². The van der Waals surface area contributed by atoms with E-state index in [2.05, 4.69) is 10.6 Å². The van der Waals surface area contributed by atoms with E-state index >= 15 is 0 Å². The number of hydrogen-bond donors (Lipinski definition) is 6. The van der Waals surface area contributed by atoms with Crippen LogP contribution >= 0.6 is 0 Å². The van der Waals surface area contributed by atoms with Crippen molar-refractivity contribution in [1.29, 1.82) is 0 Å². The van der Waals surface area contributed by atoms with Crippen LogP contribution in [-0.4, -0.2) is 86.8 Å². The van der Waals surface area contributed by atoms with Gasteiger partial charge in [0, 0.05) is 6.54 Å². The first-order chi connectivity index (χ1) is 13.4. The second-order valence-electron chi connectivity index (χ2n) is 7.75. The van der Waals surface area contributed by atoms with Crippen LogP contribution in [0.3, 0.4) is 0 Å². The Labute approximate surface area is 169 Å². The fourth-order valence-electron chi connectivity index (χ4n) is 3.12. The lowest BCUT2D eigenvalue weighted by molar-refractivity contribution is -0.146. The third kappa shape index (κ3) is 6.38. The van der Waals surface area contributed by atoms with Gasteiger partial charge in [0.1, 0.15) is 18.1 Å². The molecule has 29 heavy (non-hydrogen) atoms. The Hall–Kier alpha value is -2.24. The van der Waals surface area contributed by atoms with E-state index in [1.54, 1.807) is 13.8 Å². The number of aliphatic hydroxyl groups excluding tert-OH is 2. The van der Waals surface area contributed by atoms with Gasteiger partial charge in [-0.1, -0.05) is 13.8 Å². The zero-order valence-electron chi connectivity index (χ0n) is 17.2. The largest absolute Gasteiger partial charge is 0.480 e. The average Bonchev–Trinajstić information content (AvgIpc) is 3.11. The van der Waals surface area contributed by atoms with Crippen molar-refractivity contribution in [3.8, 4) is 0 Å². The Morgan fingerprint density at radius 1 is 1.00 bits per heavy atom. The van der Waals surface area contributed by atoms with Gasteiger partial charge in [0.25, 0.3) is 0 Å². The Morgan fingerprint density at radius 2 is 1.59 bits per heavy atom. The minimum absolute atomic E-state index is 0.305. The molecule has 6 unspecified atom stereocenters. The number of aliphatic hydroxyl groups is 2. The SMILES string of the molecule is CC(C)C(NC(=O)C1CCCN1C(=O)C(N)C(C)O)C(=O)NC(C(=O)O)C(C)O. The molecule has 1 heterocycles. The van der Waals surface area contributed by atoms with Gasteiger partial charge in [0.2, 0.25) is 17.7 Å². The molecule has 11 nitrogen and oxygen atoms in total. The summed E-state index contributed by atoms with van der Waals surface area (Å²) in [4.78, 5) is 50.2. The molecule has 0 radical (unpaired) electrons. The zero-order valence-corrected chi connectivity index (χ0v) is 17.2. The van der Waals surface area contributed by atoms with Gasteiger partial charge in [0.05, 0.1) is 12.2 Å². The first-order valence-electron chi connectivity index (χ1n) is 9.64. The van der Waals surface area contributed by atoms with Crippen LogP contribution in [0.1, 0.15) is 40.5 Å². The lowest BCUT2D eigenvalue weighted by Gasteiger charge is -2.30. The first-order valence-corrected chi connectivity index (χ1v) is 9.64. The molecule has 6 atom stereocenters. The number of likely N-dealkylation sites (tertiary alicyclic amines) is 1. The minimum atomic E-state index is -1.52. The van der Waals surface area contributed by atoms with Gasteiger partial charge < -0.3 is 36.6 Å². The van der Waals surface area contributed by atoms with Crippen LogP contribution in [0.5, 0.6) is 0 Å². The van der Waals surface area contributed by atoms with Crippen LogP contribution in [0, 0.1) is 5.92 Å². The molecular formula is C18H32N4O7. The fraction of sp³-hybridized carbons (Fsp3) is 0.778. The highest BCUT2D eigenvalue weighted by Gasteiger charge is 2.39. The number of nitrogens with one attached hydrogen (secondary N) is 2. The summed E-state index contributed by atoms with van der Waals surface area (Å²) in [6, 6.07) is -4.58. The first kappa shape index (κ1) is 24.8. The molecule has 1 rings (SSSR count). The number of aliphatic carboxylic acids is 1. The molecule has 0 saturated carbocycles. The van der Waals surface area contributed by atoms with Gasteiger partial charge in [0.15, 0.2) is 6.04 Å². The Bertz CT molecular complexity index is 623. The zero-order chi connectivity index (χ0) is 22.5. The molecular weight excluding hydrogens is 384 g/mol. The third-order valence-corrected chi connectivity index (χ3v) is 4.94. The molecule has 0 spiro atoms. The molecule has 1 aliphatic rings. The van der Waals surface area contributed by atoms with Gasteiger partial charge in [-0.2, -0.15) is 0 Å². The number of hydrogen-bond acceptors (Lipinski definition) is 7. The number of nitrogens with zero attached hydrogens (tertiary/aromatic N) is 1. The highest BCUT2D eigenvalue weighted by molar-refractivity contribution is 5.94. The summed E-state index contributed by atoms with van der Waals surface area (Å²) in [5, 5.41) is 33.0. The predicted molar refractivity (Wildman–Crippen MR) is 102 cm³/mol. The van der Waals surface area contributed by atoms with Gasteiger partial charge in [-0.15, -0.1) is 0 Å². The van der Waals surface area contributed by atoms with Crippen molar-refractivity contribution in [3.63, 3.8) is 0 Å². The summed E-state index contributed by atoms with van der Waals surface area (Å²) < 4.78 is 0. The van der Waals surface area contributed by atoms with E-state index in [0.29, 0.717) is 19.4 Å². The van der Waals surface area contributed by atoms with Gasteiger partial charge >= 0.3 is 5.97 Å². The van der Waals surface area contributed by atoms with Crippen LogP contribution < -0.4 is 16.4 Å². The van der Waals surface area contributed by atoms with Crippen molar-refractivity contribution in [2.45, 2.75) is 76.9 Å². The molecule has 1 aliphatic heterocycles. The maximum Gasteiger partial charge on any atom is 0.328 e. The number of carbonyl (C=O) groups is 4. The molecule has 0 aromatic rings. The number of rotatable bonds is 9. The van der Waals surface area contributed by atoms with Crippen molar-refractivity contribution < 1.29 is 34.5 Å². The van der Waals surface area contributed by atoms with Crippen LogP contribution in [0.2, 0.25) is 0 Å². The van der Waals surface area contributed by atoms with Crippen molar-refractivity contribution in [2.24, 2.45) is 11.7 Å². The van der Waals surface area contributed by atoms with Gasteiger partial charge in [-0.25, -0.2) is 4.79 Å². The van der Waals surface area contributed by atoms with Crippen LogP contribution in [0.15, 0.2) is 0 Å². The van der Waals surface area contributed by atoms with Crippen molar-refractivity contribution in [2.75, 3.05) is 6.54 Å².